The first-order valence-corrected chi connectivity index (χ1v) is 13.0. The summed E-state index contributed by atoms with van der Waals surface area (Å²) in [6, 6.07) is 29.8. The third-order valence-electron chi connectivity index (χ3n) is 8.28. The van der Waals surface area contributed by atoms with Crippen LogP contribution in [-0.2, 0) is 5.41 Å². The van der Waals surface area contributed by atoms with Crippen LogP contribution < -0.4 is 5.32 Å². The van der Waals surface area contributed by atoms with E-state index in [1.165, 1.54) is 23.9 Å². The molecule has 1 saturated carbocycles. The third kappa shape index (κ3) is 4.07. The van der Waals surface area contributed by atoms with Crippen LogP contribution in [0.25, 0.3) is 0 Å². The number of aryl methyl sites for hydroxylation is 1. The van der Waals surface area contributed by atoms with Crippen molar-refractivity contribution in [3.05, 3.63) is 130 Å². The number of anilines is 2. The number of carbonyl (C=O) groups is 1. The Morgan fingerprint density at radius 2 is 1.79 bits per heavy atom. The maximum atomic E-state index is 13.6. The number of amides is 1. The van der Waals surface area contributed by atoms with Crippen molar-refractivity contribution < 1.29 is 9.18 Å². The fourth-order valence-electron chi connectivity index (χ4n) is 6.50. The second-order valence-corrected chi connectivity index (χ2v) is 10.4. The number of nitrogens with one attached hydrogen (secondary N) is 2. The van der Waals surface area contributed by atoms with Gasteiger partial charge in [0.1, 0.15) is 5.82 Å². The summed E-state index contributed by atoms with van der Waals surface area (Å²) in [5, 5.41) is 21.0. The van der Waals surface area contributed by atoms with Crippen LogP contribution in [0.5, 0.6) is 0 Å². The summed E-state index contributed by atoms with van der Waals surface area (Å²) >= 11 is 0. The van der Waals surface area contributed by atoms with Gasteiger partial charge in [-0.2, -0.15) is 5.26 Å². The molecule has 0 bridgehead atoms. The van der Waals surface area contributed by atoms with Crippen molar-refractivity contribution in [2.45, 2.75) is 18.3 Å². The van der Waals surface area contributed by atoms with Gasteiger partial charge < -0.3 is 15.6 Å². The van der Waals surface area contributed by atoms with Crippen molar-refractivity contribution >= 4 is 23.5 Å². The molecule has 0 aromatic heterocycles. The van der Waals surface area contributed by atoms with Gasteiger partial charge in [-0.25, -0.2) is 4.39 Å². The van der Waals surface area contributed by atoms with Gasteiger partial charge in [-0.1, -0.05) is 42.5 Å². The van der Waals surface area contributed by atoms with Crippen molar-refractivity contribution in [3.8, 4) is 6.07 Å². The van der Waals surface area contributed by atoms with Crippen LogP contribution in [0, 0.1) is 35.4 Å². The summed E-state index contributed by atoms with van der Waals surface area (Å²) in [5.41, 5.74) is 6.23. The van der Waals surface area contributed by atoms with Crippen LogP contribution >= 0.6 is 0 Å². The highest BCUT2D eigenvalue weighted by Gasteiger charge is 2.71. The van der Waals surface area contributed by atoms with E-state index in [9.17, 15) is 14.4 Å². The van der Waals surface area contributed by atoms with Gasteiger partial charge in [-0.15, -0.1) is 0 Å². The minimum absolute atomic E-state index is 0.120. The molecule has 1 aliphatic heterocycles. The first kappa shape index (κ1) is 24.6. The van der Waals surface area contributed by atoms with Crippen LogP contribution in [0.15, 0.2) is 91.0 Å². The monoisotopic (exact) mass is 514 g/mol. The zero-order valence-electron chi connectivity index (χ0n) is 21.5. The van der Waals surface area contributed by atoms with E-state index in [-0.39, 0.29) is 29.0 Å². The average molecular weight is 515 g/mol. The summed E-state index contributed by atoms with van der Waals surface area (Å²) in [7, 11) is 0. The molecular weight excluding hydrogens is 487 g/mol. The number of hydrogen-bond donors (Lipinski definition) is 2. The lowest BCUT2D eigenvalue weighted by molar-refractivity contribution is 0.0768. The molecule has 6 heteroatoms. The van der Waals surface area contributed by atoms with E-state index in [2.05, 4.69) is 48.6 Å². The SMILES string of the molecule is Cc1cc(Nc2ccc(F)cc2)c(C=N)cc1C12CN(C(=O)c3ccccc3C#N)CC1C2c1ccccc1. The number of rotatable bonds is 6. The molecule has 4 aromatic carbocycles. The molecular formula is C33H27FN4O. The zero-order valence-corrected chi connectivity index (χ0v) is 21.5. The highest BCUT2D eigenvalue weighted by molar-refractivity contribution is 5.97. The smallest absolute Gasteiger partial charge is 0.255 e. The molecule has 4 aromatic rings. The number of benzene rings is 4. The van der Waals surface area contributed by atoms with Crippen LogP contribution in [-0.4, -0.2) is 30.1 Å². The van der Waals surface area contributed by atoms with Gasteiger partial charge in [0, 0.05) is 47.6 Å². The van der Waals surface area contributed by atoms with Crippen LogP contribution in [0.4, 0.5) is 15.8 Å². The Kier molecular flexibility index (Phi) is 6.00. The number of carbonyl (C=O) groups excluding carboxylic acids is 1. The third-order valence-corrected chi connectivity index (χ3v) is 8.28. The molecule has 3 unspecified atom stereocenters. The Balaban J connectivity index is 1.39. The minimum atomic E-state index is -0.303. The van der Waals surface area contributed by atoms with Crippen molar-refractivity contribution in [2.24, 2.45) is 5.92 Å². The number of likely N-dealkylation sites (tertiary alicyclic amines) is 1. The molecule has 1 aliphatic carbocycles. The van der Waals surface area contributed by atoms with E-state index in [4.69, 9.17) is 5.41 Å². The molecule has 0 radical (unpaired) electrons. The van der Waals surface area contributed by atoms with Gasteiger partial charge in [-0.3, -0.25) is 4.79 Å². The first-order chi connectivity index (χ1) is 19.0. The number of hydrogen-bond acceptors (Lipinski definition) is 4. The molecule has 3 atom stereocenters. The normalized spacial score (nSPS) is 21.1. The maximum absolute atomic E-state index is 13.6. The molecule has 1 saturated heterocycles. The Hall–Kier alpha value is -4.76. The van der Waals surface area contributed by atoms with E-state index in [1.54, 1.807) is 36.4 Å². The maximum Gasteiger partial charge on any atom is 0.255 e. The van der Waals surface area contributed by atoms with Crippen LogP contribution in [0.1, 0.15) is 44.1 Å². The van der Waals surface area contributed by atoms with Crippen molar-refractivity contribution in [2.75, 3.05) is 18.4 Å². The highest BCUT2D eigenvalue weighted by Crippen LogP contribution is 2.70. The van der Waals surface area contributed by atoms with Crippen LogP contribution in [0.3, 0.4) is 0 Å². The number of nitriles is 1. The predicted octanol–water partition coefficient (Wildman–Crippen LogP) is 6.55. The van der Waals surface area contributed by atoms with E-state index >= 15 is 0 Å². The summed E-state index contributed by atoms with van der Waals surface area (Å²) < 4.78 is 13.4. The molecule has 0 spiro atoms. The predicted molar refractivity (Wildman–Crippen MR) is 150 cm³/mol. The highest BCUT2D eigenvalue weighted by atomic mass is 19.1. The fraction of sp³-hybridized carbons (Fsp3) is 0.182. The summed E-state index contributed by atoms with van der Waals surface area (Å²) in [5.74, 6) is 0.0569. The van der Waals surface area contributed by atoms with Gasteiger partial charge in [0.25, 0.3) is 5.91 Å². The van der Waals surface area contributed by atoms with Crippen molar-refractivity contribution in [3.63, 3.8) is 0 Å². The second-order valence-electron chi connectivity index (χ2n) is 10.4. The minimum Gasteiger partial charge on any atom is -0.355 e. The summed E-state index contributed by atoms with van der Waals surface area (Å²) in [6.45, 7) is 3.21. The fourth-order valence-corrected chi connectivity index (χ4v) is 6.50. The lowest BCUT2D eigenvalue weighted by Gasteiger charge is -2.27. The number of fused-ring (bicyclic) bond motifs is 1. The zero-order chi connectivity index (χ0) is 27.1. The Morgan fingerprint density at radius 1 is 1.08 bits per heavy atom. The average Bonchev–Trinajstić information content (AvgIpc) is 3.42. The van der Waals surface area contributed by atoms with E-state index in [0.717, 1.165) is 28.1 Å². The number of halogens is 1. The number of nitrogens with zero attached hydrogens (tertiary/aromatic N) is 2. The molecule has 1 heterocycles. The standard InChI is InChI=1S/C33H27FN4O/c1-21-15-30(37-26-13-11-25(34)12-14-26)24(18-36)16-28(21)33-20-38(32(39)27-10-6-5-9-23(27)17-35)19-29(33)31(33)22-7-3-2-4-8-22/h2-16,18,29,31,36-37H,19-20H2,1H3. The Morgan fingerprint density at radius 3 is 2.51 bits per heavy atom. The summed E-state index contributed by atoms with van der Waals surface area (Å²) in [6.07, 6.45) is 1.33. The molecule has 192 valence electrons. The van der Waals surface area contributed by atoms with Gasteiger partial charge >= 0.3 is 0 Å². The second kappa shape index (κ2) is 9.52. The first-order valence-electron chi connectivity index (χ1n) is 13.0. The van der Waals surface area contributed by atoms with Gasteiger partial charge in [0.05, 0.1) is 17.2 Å². The van der Waals surface area contributed by atoms with Gasteiger partial charge in [-0.05, 0) is 78.1 Å². The summed E-state index contributed by atoms with van der Waals surface area (Å²) in [4.78, 5) is 15.5. The van der Waals surface area contributed by atoms with E-state index in [0.29, 0.717) is 24.2 Å². The van der Waals surface area contributed by atoms with E-state index in [1.807, 2.05) is 17.0 Å². The Bertz CT molecular complexity index is 1630. The van der Waals surface area contributed by atoms with E-state index < -0.39 is 0 Å². The quantitative estimate of drug-likeness (QED) is 0.286. The van der Waals surface area contributed by atoms with Crippen LogP contribution in [0.2, 0.25) is 0 Å². The molecule has 2 aliphatic rings. The molecule has 2 fully saturated rings. The topological polar surface area (TPSA) is 80.0 Å². The molecule has 1 amide bonds. The van der Waals surface area contributed by atoms with Gasteiger partial charge in [0.15, 0.2) is 0 Å². The van der Waals surface area contributed by atoms with Crippen molar-refractivity contribution in [1.29, 1.82) is 10.7 Å². The van der Waals surface area contributed by atoms with Gasteiger partial charge in [0.2, 0.25) is 0 Å². The Labute approximate surface area is 227 Å². The number of piperidine rings is 1. The lowest BCUT2D eigenvalue weighted by Crippen LogP contribution is -2.35. The molecule has 39 heavy (non-hydrogen) atoms. The molecule has 5 nitrogen and oxygen atoms in total. The van der Waals surface area contributed by atoms with Crippen molar-refractivity contribution in [1.82, 2.24) is 4.90 Å². The largest absolute Gasteiger partial charge is 0.355 e. The molecule has 6 rings (SSSR count). The molecule has 2 N–H and O–H groups in total. The lowest BCUT2D eigenvalue weighted by atomic mass is 9.85.